The van der Waals surface area contributed by atoms with Gasteiger partial charge in [0.05, 0.1) is 37.0 Å². The van der Waals surface area contributed by atoms with Gasteiger partial charge < -0.3 is 14.4 Å². The fourth-order valence-corrected chi connectivity index (χ4v) is 4.35. The lowest BCUT2D eigenvalue weighted by Crippen LogP contribution is -2.33. The highest BCUT2D eigenvalue weighted by atomic mass is 32.2. The van der Waals surface area contributed by atoms with Gasteiger partial charge in [0, 0.05) is 23.3 Å². The van der Waals surface area contributed by atoms with Gasteiger partial charge in [0.1, 0.15) is 0 Å². The first-order valence-corrected chi connectivity index (χ1v) is 10.1. The van der Waals surface area contributed by atoms with Crippen LogP contribution in [0.4, 0.5) is 18.9 Å². The van der Waals surface area contributed by atoms with Crippen LogP contribution in [0.5, 0.6) is 0 Å². The maximum absolute atomic E-state index is 13.1. The second kappa shape index (κ2) is 8.84. The zero-order valence-electron chi connectivity index (χ0n) is 15.3. The van der Waals surface area contributed by atoms with Crippen LogP contribution in [0, 0.1) is 0 Å². The Morgan fingerprint density at radius 2 is 2.19 bits per heavy atom. The van der Waals surface area contributed by atoms with Crippen molar-refractivity contribution in [3.63, 3.8) is 0 Å². The number of hydrogen-bond acceptors (Lipinski definition) is 4. The molecule has 27 heavy (non-hydrogen) atoms. The van der Waals surface area contributed by atoms with Crippen LogP contribution in [-0.4, -0.2) is 43.6 Å². The molecule has 0 aromatic heterocycles. The van der Waals surface area contributed by atoms with E-state index in [0.29, 0.717) is 23.7 Å². The molecule has 1 fully saturated rings. The molecule has 0 aliphatic carbocycles. The molecule has 0 saturated carbocycles. The van der Waals surface area contributed by atoms with Gasteiger partial charge in [-0.05, 0) is 37.5 Å². The Labute approximate surface area is 161 Å². The number of carbonyl (C=O) groups is 1. The van der Waals surface area contributed by atoms with Crippen LogP contribution in [-0.2, 0) is 20.4 Å². The van der Waals surface area contributed by atoms with Crippen LogP contribution >= 0.6 is 11.8 Å². The molecule has 0 bridgehead atoms. The summed E-state index contributed by atoms with van der Waals surface area (Å²) in [5.41, 5.74) is -0.382. The van der Waals surface area contributed by atoms with E-state index < -0.39 is 11.7 Å². The molecule has 1 saturated heterocycles. The molecule has 2 unspecified atom stereocenters. The number of rotatable bonds is 5. The molecule has 1 aromatic rings. The number of alkyl halides is 3. The van der Waals surface area contributed by atoms with E-state index in [1.54, 1.807) is 0 Å². The van der Waals surface area contributed by atoms with Gasteiger partial charge in [0.25, 0.3) is 0 Å². The molecule has 0 spiro atoms. The Morgan fingerprint density at radius 3 is 2.89 bits per heavy atom. The Balaban J connectivity index is 1.67. The predicted octanol–water partition coefficient (Wildman–Crippen LogP) is 4.51. The fraction of sp³-hybridized carbons (Fsp3) is 0.632. The molecule has 2 aliphatic heterocycles. The molecule has 0 N–H and O–H groups in total. The second-order valence-electron chi connectivity index (χ2n) is 6.90. The summed E-state index contributed by atoms with van der Waals surface area (Å²) in [5, 5.41) is 0.231. The zero-order chi connectivity index (χ0) is 19.4. The third-order valence-electron chi connectivity index (χ3n) is 4.75. The van der Waals surface area contributed by atoms with Gasteiger partial charge in [0.15, 0.2) is 0 Å². The molecule has 0 radical (unpaired) electrons. The zero-order valence-corrected chi connectivity index (χ0v) is 16.1. The molecule has 2 heterocycles. The number of anilines is 1. The lowest BCUT2D eigenvalue weighted by Gasteiger charge is -2.24. The molecule has 1 aromatic carbocycles. The van der Waals surface area contributed by atoms with E-state index in [4.69, 9.17) is 9.47 Å². The number of fused-ring (bicyclic) bond motifs is 1. The molecule has 3 rings (SSSR count). The maximum Gasteiger partial charge on any atom is 0.416 e. The van der Waals surface area contributed by atoms with Gasteiger partial charge in [-0.3, -0.25) is 4.79 Å². The van der Waals surface area contributed by atoms with Gasteiger partial charge in [-0.1, -0.05) is 6.92 Å². The average molecular weight is 403 g/mol. The minimum atomic E-state index is -4.43. The van der Waals surface area contributed by atoms with Gasteiger partial charge in [-0.25, -0.2) is 0 Å². The largest absolute Gasteiger partial charge is 0.416 e. The Kier molecular flexibility index (Phi) is 6.70. The van der Waals surface area contributed by atoms with E-state index in [0.717, 1.165) is 38.0 Å². The number of benzene rings is 1. The molecule has 8 heteroatoms. The summed E-state index contributed by atoms with van der Waals surface area (Å²) in [6, 6.07) is 3.64. The van der Waals surface area contributed by atoms with Crippen molar-refractivity contribution in [1.29, 1.82) is 0 Å². The highest BCUT2D eigenvalue weighted by Gasteiger charge is 2.33. The first-order chi connectivity index (χ1) is 12.8. The normalized spacial score (nSPS) is 23.2. The van der Waals surface area contributed by atoms with Crippen molar-refractivity contribution in [3.05, 3.63) is 23.8 Å². The number of halogens is 3. The number of amides is 1. The van der Waals surface area contributed by atoms with Crippen LogP contribution in [0.15, 0.2) is 23.1 Å². The van der Waals surface area contributed by atoms with E-state index in [2.05, 4.69) is 0 Å². The number of hydrogen-bond donors (Lipinski definition) is 0. The summed E-state index contributed by atoms with van der Waals surface area (Å²) in [7, 11) is 0. The lowest BCUT2D eigenvalue weighted by atomic mass is 10.1. The number of ether oxygens (including phenoxy) is 2. The molecule has 150 valence electrons. The Bertz CT molecular complexity index is 662. The van der Waals surface area contributed by atoms with Crippen LogP contribution in [0.3, 0.4) is 0 Å². The van der Waals surface area contributed by atoms with E-state index in [9.17, 15) is 18.0 Å². The van der Waals surface area contributed by atoms with Crippen LogP contribution in [0.25, 0.3) is 0 Å². The van der Waals surface area contributed by atoms with Gasteiger partial charge >= 0.3 is 6.18 Å². The molecule has 1 amide bonds. The fourth-order valence-electron chi connectivity index (χ4n) is 3.26. The van der Waals surface area contributed by atoms with Crippen LogP contribution in [0.2, 0.25) is 0 Å². The Morgan fingerprint density at radius 1 is 1.37 bits per heavy atom. The van der Waals surface area contributed by atoms with Crippen molar-refractivity contribution in [2.75, 3.05) is 31.3 Å². The molecule has 4 nitrogen and oxygen atoms in total. The third-order valence-corrected chi connectivity index (χ3v) is 5.99. The first-order valence-electron chi connectivity index (χ1n) is 9.22. The summed E-state index contributed by atoms with van der Waals surface area (Å²) < 4.78 is 50.4. The minimum Gasteiger partial charge on any atom is -0.378 e. The summed E-state index contributed by atoms with van der Waals surface area (Å²) >= 11 is 1.51. The predicted molar refractivity (Wildman–Crippen MR) is 98.1 cm³/mol. The monoisotopic (exact) mass is 403 g/mol. The Hall–Kier alpha value is -1.25. The second-order valence-corrected chi connectivity index (χ2v) is 8.38. The summed E-state index contributed by atoms with van der Waals surface area (Å²) in [6.07, 6.45) is -1.50. The summed E-state index contributed by atoms with van der Waals surface area (Å²) in [6.45, 7) is 3.87. The smallest absolute Gasteiger partial charge is 0.378 e. The number of thioether (sulfide) groups is 1. The number of nitrogens with zero attached hydrogens (tertiary/aromatic N) is 1. The van der Waals surface area contributed by atoms with E-state index >= 15 is 0 Å². The quantitative estimate of drug-likeness (QED) is 0.678. The van der Waals surface area contributed by atoms with Gasteiger partial charge in [-0.2, -0.15) is 13.2 Å². The molecular weight excluding hydrogens is 379 g/mol. The van der Waals surface area contributed by atoms with Crippen LogP contribution in [0.1, 0.15) is 38.2 Å². The molecule has 2 aliphatic rings. The average Bonchev–Trinajstić information content (AvgIpc) is 3.06. The highest BCUT2D eigenvalue weighted by molar-refractivity contribution is 8.00. The highest BCUT2D eigenvalue weighted by Crippen LogP contribution is 2.41. The minimum absolute atomic E-state index is 0.0885. The van der Waals surface area contributed by atoms with Crippen LogP contribution < -0.4 is 4.90 Å². The first kappa shape index (κ1) is 20.5. The topological polar surface area (TPSA) is 38.8 Å². The standard InChI is InChI=1S/C19H24F3NO3S/c1-13-6-8-23(18(24)7-10-25-12-15-3-2-9-26-15)16-11-14(19(20,21)22)4-5-17(16)27-13/h4-5,11,13,15H,2-3,6-10,12H2,1H3. The third kappa shape index (κ3) is 5.39. The maximum atomic E-state index is 13.1. The van der Waals surface area contributed by atoms with Crippen molar-refractivity contribution < 1.29 is 27.4 Å². The molecular formula is C19H24F3NO3S. The van der Waals surface area contributed by atoms with Crippen molar-refractivity contribution in [3.8, 4) is 0 Å². The van der Waals surface area contributed by atoms with E-state index in [1.165, 1.54) is 22.7 Å². The SMILES string of the molecule is CC1CCN(C(=O)CCOCC2CCCO2)c2cc(C(F)(F)F)ccc2S1. The van der Waals surface area contributed by atoms with Gasteiger partial charge in [0.2, 0.25) is 5.91 Å². The van der Waals surface area contributed by atoms with Crippen molar-refractivity contribution in [2.24, 2.45) is 0 Å². The summed E-state index contributed by atoms with van der Waals surface area (Å²) in [4.78, 5) is 14.9. The van der Waals surface area contributed by atoms with Gasteiger partial charge in [-0.15, -0.1) is 11.8 Å². The van der Waals surface area contributed by atoms with E-state index in [-0.39, 0.29) is 30.3 Å². The molecule has 2 atom stereocenters. The number of carbonyl (C=O) groups excluding carboxylic acids is 1. The van der Waals surface area contributed by atoms with Crippen molar-refractivity contribution in [2.45, 2.75) is 55.0 Å². The lowest BCUT2D eigenvalue weighted by molar-refractivity contribution is -0.137. The van der Waals surface area contributed by atoms with E-state index in [1.807, 2.05) is 6.92 Å². The summed E-state index contributed by atoms with van der Waals surface area (Å²) in [5.74, 6) is -0.211. The van der Waals surface area contributed by atoms with Crippen molar-refractivity contribution in [1.82, 2.24) is 0 Å². The van der Waals surface area contributed by atoms with Crippen molar-refractivity contribution >= 4 is 23.4 Å².